The summed E-state index contributed by atoms with van der Waals surface area (Å²) < 4.78 is 10.8. The Morgan fingerprint density at radius 3 is 2.35 bits per heavy atom. The minimum Gasteiger partial charge on any atom is -0.396 e. The van der Waals surface area contributed by atoms with Crippen LogP contribution in [-0.4, -0.2) is 58.2 Å². The molecule has 2 rings (SSSR count). The van der Waals surface area contributed by atoms with Crippen molar-refractivity contribution in [2.75, 3.05) is 13.2 Å². The van der Waals surface area contributed by atoms with E-state index in [-0.39, 0.29) is 13.2 Å². The molecule has 0 aromatic heterocycles. The van der Waals surface area contributed by atoms with Crippen molar-refractivity contribution in [3.8, 4) is 0 Å². The van der Waals surface area contributed by atoms with Gasteiger partial charge in [-0.2, -0.15) is 0 Å². The minimum atomic E-state index is -1.32. The van der Waals surface area contributed by atoms with E-state index in [2.05, 4.69) is 0 Å². The highest BCUT2D eigenvalue weighted by Gasteiger charge is 2.44. The third-order valence-electron chi connectivity index (χ3n) is 3.50. The Balaban J connectivity index is 2.02. The van der Waals surface area contributed by atoms with Gasteiger partial charge < -0.3 is 29.9 Å². The van der Waals surface area contributed by atoms with Gasteiger partial charge >= 0.3 is 0 Å². The highest BCUT2D eigenvalue weighted by atomic mass is 16.6. The van der Waals surface area contributed by atoms with Gasteiger partial charge in [0.2, 0.25) is 0 Å². The number of rotatable bonds is 5. The Morgan fingerprint density at radius 1 is 1.05 bits per heavy atom. The fourth-order valence-electron chi connectivity index (χ4n) is 2.31. The summed E-state index contributed by atoms with van der Waals surface area (Å²) in [6.07, 6.45) is -4.05. The van der Waals surface area contributed by atoms with Crippen LogP contribution >= 0.6 is 0 Å². The maximum absolute atomic E-state index is 10.1. The summed E-state index contributed by atoms with van der Waals surface area (Å²) in [6.45, 7) is -0.561. The average Bonchev–Trinajstić information content (AvgIpc) is 2.47. The van der Waals surface area contributed by atoms with Crippen LogP contribution in [0.3, 0.4) is 0 Å². The molecule has 0 aliphatic carbocycles. The van der Waals surface area contributed by atoms with Gasteiger partial charge in [-0.25, -0.2) is 0 Å². The highest BCUT2D eigenvalue weighted by molar-refractivity contribution is 5.13. The fraction of sp³-hybridized carbons (Fsp3) is 0.571. The fourth-order valence-corrected chi connectivity index (χ4v) is 2.31. The molecule has 1 fully saturated rings. The zero-order valence-corrected chi connectivity index (χ0v) is 11.0. The summed E-state index contributed by atoms with van der Waals surface area (Å²) in [5.41, 5.74) is 0.920. The molecule has 0 amide bonds. The predicted molar refractivity (Wildman–Crippen MR) is 69.6 cm³/mol. The molecule has 1 aliphatic heterocycles. The van der Waals surface area contributed by atoms with Crippen molar-refractivity contribution in [1.29, 1.82) is 0 Å². The van der Waals surface area contributed by atoms with E-state index < -0.39 is 37.1 Å². The van der Waals surface area contributed by atoms with Gasteiger partial charge in [0, 0.05) is 0 Å². The summed E-state index contributed by atoms with van der Waals surface area (Å²) in [5, 5.41) is 38.2. The first-order valence-electron chi connectivity index (χ1n) is 6.56. The molecule has 0 saturated carbocycles. The molecule has 0 bridgehead atoms. The van der Waals surface area contributed by atoms with Gasteiger partial charge in [-0.05, 0) is 5.56 Å². The Morgan fingerprint density at radius 2 is 1.75 bits per heavy atom. The van der Waals surface area contributed by atoms with E-state index >= 15 is 0 Å². The van der Waals surface area contributed by atoms with E-state index in [1.807, 2.05) is 30.3 Å². The second kappa shape index (κ2) is 7.12. The topological polar surface area (TPSA) is 99.4 Å². The van der Waals surface area contributed by atoms with Gasteiger partial charge in [0.15, 0.2) is 6.29 Å². The lowest BCUT2D eigenvalue weighted by atomic mass is 9.91. The number of hydrogen-bond acceptors (Lipinski definition) is 6. The third-order valence-corrected chi connectivity index (χ3v) is 3.50. The van der Waals surface area contributed by atoms with Crippen molar-refractivity contribution in [3.05, 3.63) is 35.9 Å². The van der Waals surface area contributed by atoms with Gasteiger partial charge in [0.05, 0.1) is 31.8 Å². The van der Waals surface area contributed by atoms with Crippen LogP contribution < -0.4 is 0 Å². The molecule has 1 aromatic carbocycles. The first-order valence-corrected chi connectivity index (χ1v) is 6.56. The molecule has 20 heavy (non-hydrogen) atoms. The lowest BCUT2D eigenvalue weighted by molar-refractivity contribution is -0.285. The average molecular weight is 284 g/mol. The second-order valence-corrected chi connectivity index (χ2v) is 4.85. The lowest BCUT2D eigenvalue weighted by Crippen LogP contribution is -2.57. The van der Waals surface area contributed by atoms with Crippen LogP contribution in [0.5, 0.6) is 0 Å². The van der Waals surface area contributed by atoms with Crippen LogP contribution in [0.1, 0.15) is 5.56 Å². The maximum Gasteiger partial charge on any atom is 0.162 e. The third kappa shape index (κ3) is 3.35. The first kappa shape index (κ1) is 15.4. The van der Waals surface area contributed by atoms with Crippen molar-refractivity contribution in [2.45, 2.75) is 31.2 Å². The molecule has 6 nitrogen and oxygen atoms in total. The molecule has 1 aromatic rings. The summed E-state index contributed by atoms with van der Waals surface area (Å²) >= 11 is 0. The van der Waals surface area contributed by atoms with E-state index in [1.165, 1.54) is 0 Å². The second-order valence-electron chi connectivity index (χ2n) is 4.85. The summed E-state index contributed by atoms with van der Waals surface area (Å²) in [4.78, 5) is 0. The maximum atomic E-state index is 10.1. The number of aliphatic hydroxyl groups excluding tert-OH is 4. The number of ether oxygens (including phenoxy) is 2. The minimum absolute atomic E-state index is 0.247. The van der Waals surface area contributed by atoms with Gasteiger partial charge in [0.1, 0.15) is 12.2 Å². The number of aliphatic hydroxyl groups is 4. The van der Waals surface area contributed by atoms with E-state index in [9.17, 15) is 20.4 Å². The Labute approximate surface area is 117 Å². The number of hydrogen-bond donors (Lipinski definition) is 4. The van der Waals surface area contributed by atoms with Crippen molar-refractivity contribution in [2.24, 2.45) is 5.92 Å². The summed E-state index contributed by atoms with van der Waals surface area (Å²) in [5.74, 6) is -0.849. The van der Waals surface area contributed by atoms with Crippen LogP contribution in [0, 0.1) is 5.92 Å². The van der Waals surface area contributed by atoms with Gasteiger partial charge in [-0.1, -0.05) is 30.3 Å². The molecule has 6 heteroatoms. The molecule has 1 aliphatic rings. The van der Waals surface area contributed by atoms with Crippen molar-refractivity contribution < 1.29 is 29.9 Å². The Bertz CT molecular complexity index is 398. The van der Waals surface area contributed by atoms with Crippen LogP contribution in [0.4, 0.5) is 0 Å². The first-order chi connectivity index (χ1) is 9.67. The molecule has 0 unspecified atom stereocenters. The largest absolute Gasteiger partial charge is 0.396 e. The molecule has 0 radical (unpaired) electrons. The molecule has 5 atom stereocenters. The van der Waals surface area contributed by atoms with Crippen LogP contribution in [0.15, 0.2) is 30.3 Å². The van der Waals surface area contributed by atoms with Crippen LogP contribution in [0.2, 0.25) is 0 Å². The Kier molecular flexibility index (Phi) is 5.47. The van der Waals surface area contributed by atoms with Gasteiger partial charge in [-0.15, -0.1) is 0 Å². The molecular weight excluding hydrogens is 264 g/mol. The van der Waals surface area contributed by atoms with E-state index in [0.717, 1.165) is 5.56 Å². The van der Waals surface area contributed by atoms with E-state index in [4.69, 9.17) is 9.47 Å². The van der Waals surface area contributed by atoms with Gasteiger partial charge in [0.25, 0.3) is 0 Å². The van der Waals surface area contributed by atoms with Crippen LogP contribution in [0.25, 0.3) is 0 Å². The normalized spacial score (nSPS) is 34.1. The zero-order chi connectivity index (χ0) is 14.5. The zero-order valence-electron chi connectivity index (χ0n) is 11.0. The molecule has 0 spiro atoms. The van der Waals surface area contributed by atoms with Gasteiger partial charge in [-0.3, -0.25) is 0 Å². The predicted octanol–water partition coefficient (Wildman–Crippen LogP) is -0.749. The monoisotopic (exact) mass is 284 g/mol. The van der Waals surface area contributed by atoms with Crippen molar-refractivity contribution in [3.63, 3.8) is 0 Å². The Hall–Kier alpha value is -1.02. The molecule has 112 valence electrons. The smallest absolute Gasteiger partial charge is 0.162 e. The SMILES string of the molecule is OC[C@H]1[C@@H](O)[C@H](OCc2ccccc2)[C@@H](CO)O[C@@H]1O. The van der Waals surface area contributed by atoms with Crippen molar-refractivity contribution >= 4 is 0 Å². The summed E-state index contributed by atoms with van der Waals surface area (Å²) in [7, 11) is 0. The van der Waals surface area contributed by atoms with E-state index in [1.54, 1.807) is 0 Å². The van der Waals surface area contributed by atoms with Crippen molar-refractivity contribution in [1.82, 2.24) is 0 Å². The van der Waals surface area contributed by atoms with Crippen LogP contribution in [-0.2, 0) is 16.1 Å². The molecular formula is C14H20O6. The quantitative estimate of drug-likeness (QED) is 0.568. The summed E-state index contributed by atoms with van der Waals surface area (Å²) in [6, 6.07) is 9.38. The molecule has 1 saturated heterocycles. The highest BCUT2D eigenvalue weighted by Crippen LogP contribution is 2.27. The standard InChI is InChI=1S/C14H20O6/c15-6-10-12(17)13(11(7-16)20-14(10)18)19-8-9-4-2-1-3-5-9/h1-5,10-18H,6-8H2/t10-,11+,12+,13+,14-/m0/s1. The molecule has 1 heterocycles. The molecule has 4 N–H and O–H groups in total. The lowest BCUT2D eigenvalue weighted by Gasteiger charge is -2.41. The van der Waals surface area contributed by atoms with E-state index in [0.29, 0.717) is 0 Å². The number of benzene rings is 1.